The first-order valence-electron chi connectivity index (χ1n) is 12.2. The predicted octanol–water partition coefficient (Wildman–Crippen LogP) is 6.61. The molecule has 1 aliphatic rings. The molecule has 0 aliphatic heterocycles. The molecule has 1 aromatic rings. The summed E-state index contributed by atoms with van der Waals surface area (Å²) in [7, 11) is 0. The lowest BCUT2D eigenvalue weighted by atomic mass is 9.78. The van der Waals surface area contributed by atoms with E-state index in [0.717, 1.165) is 68.4 Å². The molecule has 1 amide bonds. The number of benzene rings is 1. The van der Waals surface area contributed by atoms with E-state index in [-0.39, 0.29) is 11.8 Å². The molecule has 1 N–H and O–H groups in total. The molecule has 0 saturated heterocycles. The number of carbonyl (C=O) groups is 3. The second-order valence-corrected chi connectivity index (χ2v) is 9.67. The molecule has 5 nitrogen and oxygen atoms in total. The SMILES string of the molecule is CCCCCCC(CCC)C(=O)OC(=O)C1CCCCC1C(=O)Nc1ccc(SC)cc1. The van der Waals surface area contributed by atoms with Gasteiger partial charge in [-0.1, -0.05) is 58.8 Å². The highest BCUT2D eigenvalue weighted by molar-refractivity contribution is 7.98. The Balaban J connectivity index is 1.97. The minimum Gasteiger partial charge on any atom is -0.393 e. The van der Waals surface area contributed by atoms with Crippen LogP contribution in [-0.2, 0) is 19.1 Å². The second-order valence-electron chi connectivity index (χ2n) is 8.79. The Morgan fingerprint density at radius 3 is 2.28 bits per heavy atom. The fraction of sp³-hybridized carbons (Fsp3) is 0.654. The molecule has 3 atom stereocenters. The summed E-state index contributed by atoms with van der Waals surface area (Å²) in [6.45, 7) is 4.20. The Bertz CT molecular complexity index is 734. The van der Waals surface area contributed by atoms with E-state index in [1.165, 1.54) is 0 Å². The number of ether oxygens (including phenoxy) is 1. The highest BCUT2D eigenvalue weighted by Crippen LogP contribution is 2.33. The average Bonchev–Trinajstić information content (AvgIpc) is 2.81. The zero-order chi connectivity index (χ0) is 23.3. The Morgan fingerprint density at radius 2 is 1.66 bits per heavy atom. The summed E-state index contributed by atoms with van der Waals surface area (Å²) >= 11 is 1.64. The fourth-order valence-electron chi connectivity index (χ4n) is 4.44. The van der Waals surface area contributed by atoms with Gasteiger partial charge in [-0.05, 0) is 56.2 Å². The van der Waals surface area contributed by atoms with Gasteiger partial charge in [0.2, 0.25) is 5.91 Å². The maximum absolute atomic E-state index is 13.0. The van der Waals surface area contributed by atoms with Crippen molar-refractivity contribution in [3.63, 3.8) is 0 Å². The van der Waals surface area contributed by atoms with E-state index in [9.17, 15) is 14.4 Å². The average molecular weight is 462 g/mol. The number of esters is 2. The monoisotopic (exact) mass is 461 g/mol. The Morgan fingerprint density at radius 1 is 0.969 bits per heavy atom. The topological polar surface area (TPSA) is 72.5 Å². The van der Waals surface area contributed by atoms with Gasteiger partial charge in [-0.3, -0.25) is 14.4 Å². The highest BCUT2D eigenvalue weighted by Gasteiger charge is 2.38. The van der Waals surface area contributed by atoms with Gasteiger partial charge in [-0.25, -0.2) is 0 Å². The van der Waals surface area contributed by atoms with E-state index in [1.54, 1.807) is 11.8 Å². The van der Waals surface area contributed by atoms with Gasteiger partial charge in [0.1, 0.15) is 0 Å². The van der Waals surface area contributed by atoms with Crippen molar-refractivity contribution in [3.8, 4) is 0 Å². The van der Waals surface area contributed by atoms with Crippen molar-refractivity contribution in [2.24, 2.45) is 17.8 Å². The van der Waals surface area contributed by atoms with Gasteiger partial charge in [0.25, 0.3) is 0 Å². The predicted molar refractivity (Wildman–Crippen MR) is 131 cm³/mol. The van der Waals surface area contributed by atoms with Crippen LogP contribution >= 0.6 is 11.8 Å². The molecule has 1 fully saturated rings. The van der Waals surface area contributed by atoms with Crippen molar-refractivity contribution >= 4 is 35.3 Å². The van der Waals surface area contributed by atoms with Gasteiger partial charge in [0.05, 0.1) is 17.8 Å². The summed E-state index contributed by atoms with van der Waals surface area (Å²) in [6.07, 6.45) is 11.8. The molecule has 32 heavy (non-hydrogen) atoms. The van der Waals surface area contributed by atoms with E-state index in [1.807, 2.05) is 37.4 Å². The summed E-state index contributed by atoms with van der Waals surface area (Å²) in [5.74, 6) is -2.35. The Labute approximate surface area is 197 Å². The third kappa shape index (κ3) is 8.27. The van der Waals surface area contributed by atoms with Crippen molar-refractivity contribution in [3.05, 3.63) is 24.3 Å². The summed E-state index contributed by atoms with van der Waals surface area (Å²) in [5, 5.41) is 2.94. The van der Waals surface area contributed by atoms with Crippen LogP contribution in [0.25, 0.3) is 0 Å². The lowest BCUT2D eigenvalue weighted by molar-refractivity contribution is -0.168. The molecule has 3 unspecified atom stereocenters. The minimum atomic E-state index is -0.555. The third-order valence-corrected chi connectivity index (χ3v) is 7.08. The van der Waals surface area contributed by atoms with E-state index < -0.39 is 23.8 Å². The van der Waals surface area contributed by atoms with Crippen molar-refractivity contribution < 1.29 is 19.1 Å². The standard InChI is InChI=1S/C26H39NO4S/c1-4-6-7-8-12-19(11-5-2)25(29)31-26(30)23-14-10-9-13-22(23)24(28)27-20-15-17-21(32-3)18-16-20/h15-19,22-23H,4-14H2,1-3H3,(H,27,28). The van der Waals surface area contributed by atoms with Crippen molar-refractivity contribution in [2.75, 3.05) is 11.6 Å². The third-order valence-electron chi connectivity index (χ3n) is 6.34. The van der Waals surface area contributed by atoms with Crippen LogP contribution in [0.5, 0.6) is 0 Å². The van der Waals surface area contributed by atoms with Crippen molar-refractivity contribution in [1.82, 2.24) is 0 Å². The number of unbranched alkanes of at least 4 members (excludes halogenated alkanes) is 3. The van der Waals surface area contributed by atoms with Gasteiger partial charge in [-0.2, -0.15) is 0 Å². The number of hydrogen-bond donors (Lipinski definition) is 1. The number of thioether (sulfide) groups is 1. The minimum absolute atomic E-state index is 0.166. The molecule has 2 rings (SSSR count). The summed E-state index contributed by atoms with van der Waals surface area (Å²) < 4.78 is 5.36. The molecule has 1 aliphatic carbocycles. The molecule has 0 heterocycles. The van der Waals surface area contributed by atoms with E-state index in [2.05, 4.69) is 12.2 Å². The Hall–Kier alpha value is -1.82. The molecule has 1 saturated carbocycles. The van der Waals surface area contributed by atoms with Crippen LogP contribution in [-0.4, -0.2) is 24.1 Å². The van der Waals surface area contributed by atoms with E-state index >= 15 is 0 Å². The summed E-state index contributed by atoms with van der Waals surface area (Å²) in [4.78, 5) is 39.7. The molecule has 0 spiro atoms. The number of carbonyl (C=O) groups excluding carboxylic acids is 3. The quantitative estimate of drug-likeness (QED) is 0.164. The number of anilines is 1. The van der Waals surface area contributed by atoms with Crippen molar-refractivity contribution in [1.29, 1.82) is 0 Å². The first kappa shape index (κ1) is 26.4. The van der Waals surface area contributed by atoms with Crippen LogP contribution in [0.4, 0.5) is 5.69 Å². The maximum atomic E-state index is 13.0. The maximum Gasteiger partial charge on any atom is 0.317 e. The van der Waals surface area contributed by atoms with E-state index in [0.29, 0.717) is 12.8 Å². The second kappa shape index (κ2) is 14.4. The molecule has 0 aromatic heterocycles. The number of amides is 1. The summed E-state index contributed by atoms with van der Waals surface area (Å²) in [5.41, 5.74) is 0.719. The van der Waals surface area contributed by atoms with E-state index in [4.69, 9.17) is 4.74 Å². The first-order valence-corrected chi connectivity index (χ1v) is 13.4. The van der Waals surface area contributed by atoms with Gasteiger partial charge in [0.15, 0.2) is 0 Å². The van der Waals surface area contributed by atoms with Gasteiger partial charge in [0, 0.05) is 10.6 Å². The zero-order valence-corrected chi connectivity index (χ0v) is 20.7. The number of rotatable bonds is 12. The molecular weight excluding hydrogens is 422 g/mol. The zero-order valence-electron chi connectivity index (χ0n) is 19.9. The lowest BCUT2D eigenvalue weighted by Crippen LogP contribution is -2.38. The number of hydrogen-bond acceptors (Lipinski definition) is 5. The smallest absolute Gasteiger partial charge is 0.317 e. The van der Waals surface area contributed by atoms with Gasteiger partial charge in [-0.15, -0.1) is 11.8 Å². The van der Waals surface area contributed by atoms with Gasteiger partial charge < -0.3 is 10.1 Å². The van der Waals surface area contributed by atoms with Crippen LogP contribution in [0, 0.1) is 17.8 Å². The molecular formula is C26H39NO4S. The molecule has 1 aromatic carbocycles. The van der Waals surface area contributed by atoms with Crippen LogP contribution in [0.3, 0.4) is 0 Å². The molecule has 0 bridgehead atoms. The first-order chi connectivity index (χ1) is 15.5. The Kier molecular flexibility index (Phi) is 11.9. The highest BCUT2D eigenvalue weighted by atomic mass is 32.2. The fourth-order valence-corrected chi connectivity index (χ4v) is 4.85. The molecule has 0 radical (unpaired) electrons. The number of nitrogens with one attached hydrogen (secondary N) is 1. The molecule has 178 valence electrons. The molecule has 6 heteroatoms. The van der Waals surface area contributed by atoms with Crippen LogP contribution in [0.15, 0.2) is 29.2 Å². The lowest BCUT2D eigenvalue weighted by Gasteiger charge is -2.29. The van der Waals surface area contributed by atoms with Gasteiger partial charge >= 0.3 is 11.9 Å². The van der Waals surface area contributed by atoms with Crippen LogP contribution in [0.1, 0.15) is 84.5 Å². The van der Waals surface area contributed by atoms with Crippen LogP contribution < -0.4 is 5.32 Å². The van der Waals surface area contributed by atoms with Crippen molar-refractivity contribution in [2.45, 2.75) is 89.4 Å². The summed E-state index contributed by atoms with van der Waals surface area (Å²) in [6, 6.07) is 7.66. The van der Waals surface area contributed by atoms with Crippen LogP contribution in [0.2, 0.25) is 0 Å². The normalized spacial score (nSPS) is 19.2. The largest absolute Gasteiger partial charge is 0.393 e.